The van der Waals surface area contributed by atoms with Gasteiger partial charge in [0.1, 0.15) is 0 Å². The van der Waals surface area contributed by atoms with Crippen LogP contribution < -0.4 is 0 Å². The van der Waals surface area contributed by atoms with Gasteiger partial charge in [-0.3, -0.25) is 0 Å². The minimum atomic E-state index is -0.931. The van der Waals surface area contributed by atoms with E-state index in [1.807, 2.05) is 6.92 Å². The first-order valence-corrected chi connectivity index (χ1v) is 3.81. The molecule has 0 unspecified atom stereocenters. The second-order valence-electron chi connectivity index (χ2n) is 2.92. The molecule has 1 saturated heterocycles. The number of carboxylic acid groups (broad SMARTS) is 1. The summed E-state index contributed by atoms with van der Waals surface area (Å²) in [7, 11) is 0. The van der Waals surface area contributed by atoms with Gasteiger partial charge < -0.3 is 15.1 Å². The van der Waals surface area contributed by atoms with Crippen LogP contribution in [0.2, 0.25) is 0 Å². The highest BCUT2D eigenvalue weighted by atomic mass is 16.4. The molecule has 1 fully saturated rings. The fourth-order valence-corrected chi connectivity index (χ4v) is 1.41. The van der Waals surface area contributed by atoms with Gasteiger partial charge >= 0.3 is 6.09 Å². The maximum absolute atomic E-state index is 10.4. The van der Waals surface area contributed by atoms with Crippen molar-refractivity contribution < 1.29 is 15.0 Å². The van der Waals surface area contributed by atoms with Gasteiger partial charge in [0.05, 0.1) is 12.6 Å². The van der Waals surface area contributed by atoms with Gasteiger partial charge in [-0.2, -0.15) is 0 Å². The molecule has 1 rings (SSSR count). The topological polar surface area (TPSA) is 60.8 Å². The number of carbonyl (C=O) groups is 1. The van der Waals surface area contributed by atoms with Crippen LogP contribution in [0.25, 0.3) is 0 Å². The van der Waals surface area contributed by atoms with Crippen LogP contribution in [0.15, 0.2) is 0 Å². The number of nitrogens with zero attached hydrogens (tertiary/aromatic N) is 1. The van der Waals surface area contributed by atoms with E-state index in [9.17, 15) is 9.90 Å². The van der Waals surface area contributed by atoms with Gasteiger partial charge in [-0.25, -0.2) is 4.79 Å². The Morgan fingerprint density at radius 1 is 1.64 bits per heavy atom. The highest BCUT2D eigenvalue weighted by Gasteiger charge is 2.32. The Labute approximate surface area is 65.4 Å². The van der Waals surface area contributed by atoms with Crippen LogP contribution in [-0.4, -0.2) is 40.4 Å². The molecule has 64 valence electrons. The van der Waals surface area contributed by atoms with E-state index in [1.165, 1.54) is 4.90 Å². The van der Waals surface area contributed by atoms with E-state index in [1.54, 1.807) is 0 Å². The lowest BCUT2D eigenvalue weighted by Gasteiger charge is -2.09. The van der Waals surface area contributed by atoms with Crippen molar-refractivity contribution in [3.8, 4) is 0 Å². The highest BCUT2D eigenvalue weighted by Crippen LogP contribution is 2.19. The maximum Gasteiger partial charge on any atom is 0.407 e. The van der Waals surface area contributed by atoms with E-state index in [4.69, 9.17) is 5.11 Å². The summed E-state index contributed by atoms with van der Waals surface area (Å²) in [5.74, 6) is 0.131. The Morgan fingerprint density at radius 3 is 2.55 bits per heavy atom. The second-order valence-corrected chi connectivity index (χ2v) is 2.92. The van der Waals surface area contributed by atoms with E-state index in [-0.39, 0.29) is 12.5 Å². The molecule has 4 heteroatoms. The predicted molar refractivity (Wildman–Crippen MR) is 39.4 cm³/mol. The van der Waals surface area contributed by atoms with E-state index >= 15 is 0 Å². The molecule has 1 heterocycles. The summed E-state index contributed by atoms with van der Waals surface area (Å²) >= 11 is 0. The van der Waals surface area contributed by atoms with Crippen LogP contribution in [-0.2, 0) is 0 Å². The van der Waals surface area contributed by atoms with Gasteiger partial charge in [0.15, 0.2) is 0 Å². The Bertz CT molecular complexity index is 160. The van der Waals surface area contributed by atoms with Crippen LogP contribution in [0.4, 0.5) is 4.79 Å². The van der Waals surface area contributed by atoms with Gasteiger partial charge in [-0.15, -0.1) is 0 Å². The number of aliphatic hydroxyl groups is 1. The second kappa shape index (κ2) is 3.09. The van der Waals surface area contributed by atoms with Crippen LogP contribution in [0, 0.1) is 5.92 Å². The minimum absolute atomic E-state index is 0.131. The van der Waals surface area contributed by atoms with Crippen LogP contribution in [0.1, 0.15) is 13.3 Å². The number of amides is 1. The number of hydrogen-bond acceptors (Lipinski definition) is 2. The van der Waals surface area contributed by atoms with Crippen molar-refractivity contribution in [3.63, 3.8) is 0 Å². The third-order valence-corrected chi connectivity index (χ3v) is 2.20. The van der Waals surface area contributed by atoms with Crippen molar-refractivity contribution in [2.45, 2.75) is 19.4 Å². The molecular weight excluding hydrogens is 146 g/mol. The molecule has 0 spiro atoms. The molecule has 0 aromatic carbocycles. The fourth-order valence-electron chi connectivity index (χ4n) is 1.41. The quantitative estimate of drug-likeness (QED) is 0.581. The van der Waals surface area contributed by atoms with Crippen LogP contribution in [0.3, 0.4) is 0 Å². The van der Waals surface area contributed by atoms with Crippen molar-refractivity contribution >= 4 is 6.09 Å². The number of aliphatic hydroxyl groups excluding tert-OH is 1. The zero-order valence-corrected chi connectivity index (χ0v) is 6.53. The summed E-state index contributed by atoms with van der Waals surface area (Å²) in [6.07, 6.45) is -0.554. The SMILES string of the molecule is CC[C@H]1CN(C(=O)O)C[C@@H]1O. The lowest BCUT2D eigenvalue weighted by atomic mass is 10.0. The number of rotatable bonds is 1. The molecule has 0 aliphatic carbocycles. The monoisotopic (exact) mass is 159 g/mol. The molecule has 0 aromatic heterocycles. The van der Waals surface area contributed by atoms with Crippen molar-refractivity contribution in [2.75, 3.05) is 13.1 Å². The van der Waals surface area contributed by atoms with Gasteiger partial charge in [0, 0.05) is 12.5 Å². The van der Waals surface area contributed by atoms with Crippen LogP contribution in [0.5, 0.6) is 0 Å². The van der Waals surface area contributed by atoms with Crippen LogP contribution >= 0.6 is 0 Å². The lowest BCUT2D eigenvalue weighted by molar-refractivity contribution is 0.130. The minimum Gasteiger partial charge on any atom is -0.465 e. The van der Waals surface area contributed by atoms with Gasteiger partial charge in [0.25, 0.3) is 0 Å². The van der Waals surface area contributed by atoms with Crippen molar-refractivity contribution in [2.24, 2.45) is 5.92 Å². The molecule has 1 aliphatic heterocycles. The summed E-state index contributed by atoms with van der Waals surface area (Å²) in [6, 6.07) is 0. The third kappa shape index (κ3) is 1.63. The van der Waals surface area contributed by atoms with E-state index in [0.29, 0.717) is 6.54 Å². The number of β-amino-alcohol motifs (C(OH)–C–C–N with tert-alkyl or cyclic N) is 1. The van der Waals surface area contributed by atoms with Gasteiger partial charge in [-0.05, 0) is 6.42 Å². The summed E-state index contributed by atoms with van der Waals surface area (Å²) in [6.45, 7) is 2.71. The largest absolute Gasteiger partial charge is 0.465 e. The fraction of sp³-hybridized carbons (Fsp3) is 0.857. The lowest BCUT2D eigenvalue weighted by Crippen LogP contribution is -2.27. The zero-order valence-electron chi connectivity index (χ0n) is 6.53. The molecule has 1 amide bonds. The average Bonchev–Trinajstić information content (AvgIpc) is 2.31. The number of likely N-dealkylation sites (tertiary alicyclic amines) is 1. The highest BCUT2D eigenvalue weighted by molar-refractivity contribution is 5.65. The molecule has 1 aliphatic rings. The van der Waals surface area contributed by atoms with Crippen molar-refractivity contribution in [3.05, 3.63) is 0 Å². The van der Waals surface area contributed by atoms with E-state index < -0.39 is 12.2 Å². The summed E-state index contributed by atoms with van der Waals surface area (Å²) < 4.78 is 0. The first-order chi connectivity index (χ1) is 5.15. The predicted octanol–water partition coefficient (Wildman–Crippen LogP) is 0.367. The standard InChI is InChI=1S/C7H13NO3/c1-2-5-3-8(7(10)11)4-6(5)9/h5-6,9H,2-4H2,1H3,(H,10,11)/t5-,6-/m0/s1. The number of hydrogen-bond donors (Lipinski definition) is 2. The van der Waals surface area contributed by atoms with Crippen molar-refractivity contribution in [1.29, 1.82) is 0 Å². The smallest absolute Gasteiger partial charge is 0.407 e. The molecular formula is C7H13NO3. The van der Waals surface area contributed by atoms with Crippen molar-refractivity contribution in [1.82, 2.24) is 4.90 Å². The Kier molecular flexibility index (Phi) is 2.34. The molecule has 0 saturated carbocycles. The van der Waals surface area contributed by atoms with Gasteiger partial charge in [0.2, 0.25) is 0 Å². The Morgan fingerprint density at radius 2 is 2.27 bits per heavy atom. The summed E-state index contributed by atoms with van der Waals surface area (Å²) in [4.78, 5) is 11.7. The molecule has 0 radical (unpaired) electrons. The van der Waals surface area contributed by atoms with Gasteiger partial charge in [-0.1, -0.05) is 6.92 Å². The Hall–Kier alpha value is -0.770. The maximum atomic E-state index is 10.4. The Balaban J connectivity index is 2.49. The molecule has 2 N–H and O–H groups in total. The molecule has 4 nitrogen and oxygen atoms in total. The molecule has 0 aromatic rings. The first-order valence-electron chi connectivity index (χ1n) is 3.81. The first kappa shape index (κ1) is 8.33. The molecule has 2 atom stereocenters. The normalized spacial score (nSPS) is 30.9. The zero-order chi connectivity index (χ0) is 8.43. The average molecular weight is 159 g/mol. The molecule has 0 bridgehead atoms. The summed E-state index contributed by atoms with van der Waals surface area (Å²) in [5.41, 5.74) is 0. The molecule has 11 heavy (non-hydrogen) atoms. The summed E-state index contributed by atoms with van der Waals surface area (Å²) in [5, 5.41) is 17.9. The van der Waals surface area contributed by atoms with E-state index in [0.717, 1.165) is 6.42 Å². The third-order valence-electron chi connectivity index (χ3n) is 2.20. The van der Waals surface area contributed by atoms with E-state index in [2.05, 4.69) is 0 Å².